The summed E-state index contributed by atoms with van der Waals surface area (Å²) in [6.45, 7) is 7.38. The highest BCUT2D eigenvalue weighted by Gasteiger charge is 2.29. The molecule has 1 aromatic heterocycles. The van der Waals surface area contributed by atoms with Crippen LogP contribution in [-0.4, -0.2) is 37.2 Å². The summed E-state index contributed by atoms with van der Waals surface area (Å²) in [7, 11) is 0. The van der Waals surface area contributed by atoms with Crippen LogP contribution in [0.1, 0.15) is 49.9 Å². The maximum atomic E-state index is 12.6. The zero-order valence-corrected chi connectivity index (χ0v) is 13.7. The van der Waals surface area contributed by atoms with E-state index >= 15 is 0 Å². The lowest BCUT2D eigenvalue weighted by Gasteiger charge is -2.33. The molecule has 0 saturated heterocycles. The first-order chi connectivity index (χ1) is 11.0. The molecule has 1 atom stereocenters. The number of rotatable bonds is 3. The molecule has 1 N–H and O–H groups in total. The number of hydrogen-bond acceptors (Lipinski definition) is 4. The Morgan fingerprint density at radius 3 is 2.78 bits per heavy atom. The quantitative estimate of drug-likeness (QED) is 0.943. The Hall–Kier alpha value is -2.37. The average molecular weight is 314 g/mol. The summed E-state index contributed by atoms with van der Waals surface area (Å²) in [6.07, 6.45) is 0.199. The number of aromatic nitrogens is 3. The molecule has 6 heteroatoms. The fourth-order valence-electron chi connectivity index (χ4n) is 3.08. The third-order valence-corrected chi connectivity index (χ3v) is 4.25. The molecule has 0 aliphatic carbocycles. The van der Waals surface area contributed by atoms with Gasteiger partial charge >= 0.3 is 0 Å². The van der Waals surface area contributed by atoms with Crippen LogP contribution in [0, 0.1) is 0 Å². The van der Waals surface area contributed by atoms with Crippen LogP contribution in [0.2, 0.25) is 0 Å². The molecule has 2 heterocycles. The molecule has 23 heavy (non-hydrogen) atoms. The fraction of sp³-hybridized carbons (Fsp3) is 0.471. The number of phenolic OH excluding ortho intramolecular Hbond substituents is 1. The highest BCUT2D eigenvalue weighted by atomic mass is 16.3. The highest BCUT2D eigenvalue weighted by Crippen LogP contribution is 2.26. The molecule has 122 valence electrons. The van der Waals surface area contributed by atoms with Crippen LogP contribution >= 0.6 is 0 Å². The molecule has 2 aromatic rings. The van der Waals surface area contributed by atoms with Gasteiger partial charge in [-0.2, -0.15) is 0 Å². The molecular formula is C17H22N4O2. The zero-order valence-electron chi connectivity index (χ0n) is 13.7. The number of hydrogen-bond donors (Lipinski definition) is 1. The first-order valence-electron chi connectivity index (χ1n) is 7.95. The lowest BCUT2D eigenvalue weighted by Crippen LogP contribution is -2.41. The van der Waals surface area contributed by atoms with Gasteiger partial charge in [-0.1, -0.05) is 32.0 Å². The number of carbonyl (C=O) groups is 1. The number of carbonyl (C=O) groups excluding carboxylic acids is 1. The maximum absolute atomic E-state index is 12.6. The third kappa shape index (κ3) is 2.93. The van der Waals surface area contributed by atoms with E-state index in [9.17, 15) is 9.90 Å². The molecule has 0 saturated carbocycles. The lowest BCUT2D eigenvalue weighted by atomic mass is 10.1. The molecule has 0 radical (unpaired) electrons. The van der Waals surface area contributed by atoms with Crippen LogP contribution in [0.3, 0.4) is 0 Å². The van der Waals surface area contributed by atoms with Gasteiger partial charge < -0.3 is 14.6 Å². The minimum Gasteiger partial charge on any atom is -0.508 e. The van der Waals surface area contributed by atoms with Crippen molar-refractivity contribution >= 4 is 5.91 Å². The van der Waals surface area contributed by atoms with Crippen molar-refractivity contribution in [2.75, 3.05) is 6.54 Å². The Morgan fingerprint density at radius 2 is 2.09 bits per heavy atom. The molecule has 1 amide bonds. The summed E-state index contributed by atoms with van der Waals surface area (Å²) < 4.78 is 2.15. The standard InChI is InChI=1S/C17H22N4O2/c1-11(2)17-19-18-15-10-20(9-12(3)21(15)17)16(23)8-13-6-4-5-7-14(13)22/h4-7,11-12,22H,8-10H2,1-3H3/t12-/m0/s1. The van der Waals surface area contributed by atoms with Gasteiger partial charge in [-0.25, -0.2) is 0 Å². The van der Waals surface area contributed by atoms with E-state index in [0.29, 0.717) is 24.6 Å². The van der Waals surface area contributed by atoms with Gasteiger partial charge in [0.25, 0.3) is 0 Å². The van der Waals surface area contributed by atoms with Crippen molar-refractivity contribution in [3.8, 4) is 5.75 Å². The number of nitrogens with zero attached hydrogens (tertiary/aromatic N) is 4. The Balaban J connectivity index is 1.78. The van der Waals surface area contributed by atoms with Crippen LogP contribution in [0.4, 0.5) is 0 Å². The minimum absolute atomic E-state index is 0.00121. The van der Waals surface area contributed by atoms with Crippen LogP contribution in [0.15, 0.2) is 24.3 Å². The van der Waals surface area contributed by atoms with Gasteiger partial charge in [0.2, 0.25) is 5.91 Å². The van der Waals surface area contributed by atoms with Gasteiger partial charge in [0, 0.05) is 18.0 Å². The van der Waals surface area contributed by atoms with Crippen LogP contribution < -0.4 is 0 Å². The van der Waals surface area contributed by atoms with Crippen LogP contribution in [-0.2, 0) is 17.8 Å². The predicted octanol–water partition coefficient (Wildman–Crippen LogP) is 2.25. The van der Waals surface area contributed by atoms with Gasteiger partial charge in [-0.3, -0.25) is 4.79 Å². The van der Waals surface area contributed by atoms with Crippen molar-refractivity contribution < 1.29 is 9.90 Å². The summed E-state index contributed by atoms with van der Waals surface area (Å²) in [5.41, 5.74) is 0.653. The van der Waals surface area contributed by atoms with Crippen LogP contribution in [0.25, 0.3) is 0 Å². The second kappa shape index (κ2) is 6.02. The monoisotopic (exact) mass is 314 g/mol. The summed E-state index contributed by atoms with van der Waals surface area (Å²) in [5, 5.41) is 18.4. The predicted molar refractivity (Wildman–Crippen MR) is 86.0 cm³/mol. The molecular weight excluding hydrogens is 292 g/mol. The number of phenols is 1. The summed E-state index contributed by atoms with van der Waals surface area (Å²) in [4.78, 5) is 14.4. The molecule has 0 fully saturated rings. The van der Waals surface area contributed by atoms with Gasteiger partial charge in [0.1, 0.15) is 11.6 Å². The molecule has 0 unspecified atom stereocenters. The van der Waals surface area contributed by atoms with Crippen molar-refractivity contribution in [3.05, 3.63) is 41.5 Å². The Bertz CT molecular complexity index is 723. The molecule has 1 aliphatic rings. The van der Waals surface area contributed by atoms with Gasteiger partial charge in [0.05, 0.1) is 19.0 Å². The number of benzene rings is 1. The van der Waals surface area contributed by atoms with Crippen molar-refractivity contribution in [2.45, 2.75) is 45.7 Å². The summed E-state index contributed by atoms with van der Waals surface area (Å²) >= 11 is 0. The summed E-state index contributed by atoms with van der Waals surface area (Å²) in [6, 6.07) is 7.11. The van der Waals surface area contributed by atoms with Crippen molar-refractivity contribution in [2.24, 2.45) is 0 Å². The highest BCUT2D eigenvalue weighted by molar-refractivity contribution is 5.79. The van der Waals surface area contributed by atoms with E-state index < -0.39 is 0 Å². The van der Waals surface area contributed by atoms with Crippen molar-refractivity contribution in [3.63, 3.8) is 0 Å². The molecule has 1 aliphatic heterocycles. The van der Waals surface area contributed by atoms with E-state index in [4.69, 9.17) is 0 Å². The van der Waals surface area contributed by atoms with Gasteiger partial charge in [0.15, 0.2) is 5.82 Å². The van der Waals surface area contributed by atoms with E-state index in [2.05, 4.69) is 35.5 Å². The number of aromatic hydroxyl groups is 1. The van der Waals surface area contributed by atoms with Gasteiger partial charge in [-0.05, 0) is 13.0 Å². The van der Waals surface area contributed by atoms with Crippen molar-refractivity contribution in [1.29, 1.82) is 0 Å². The van der Waals surface area contributed by atoms with E-state index in [1.54, 1.807) is 23.1 Å². The second-order valence-electron chi connectivity index (χ2n) is 6.43. The molecule has 3 rings (SSSR count). The molecule has 1 aromatic carbocycles. The number of amides is 1. The lowest BCUT2D eigenvalue weighted by molar-refractivity contribution is -0.132. The van der Waals surface area contributed by atoms with Gasteiger partial charge in [-0.15, -0.1) is 10.2 Å². The Labute approximate surface area is 135 Å². The first-order valence-corrected chi connectivity index (χ1v) is 7.95. The molecule has 0 spiro atoms. The Morgan fingerprint density at radius 1 is 1.35 bits per heavy atom. The normalized spacial score (nSPS) is 17.4. The Kier molecular flexibility index (Phi) is 4.07. The maximum Gasteiger partial charge on any atom is 0.227 e. The molecule has 6 nitrogen and oxygen atoms in total. The molecule has 0 bridgehead atoms. The SMILES string of the molecule is CC(C)c1nnc2n1[C@@H](C)CN(C(=O)Cc1ccccc1O)C2. The smallest absolute Gasteiger partial charge is 0.227 e. The third-order valence-electron chi connectivity index (χ3n) is 4.25. The fourth-order valence-corrected chi connectivity index (χ4v) is 3.08. The van der Waals surface area contributed by atoms with E-state index in [1.807, 2.05) is 6.07 Å². The average Bonchev–Trinajstić information content (AvgIpc) is 2.94. The zero-order chi connectivity index (χ0) is 16.6. The summed E-state index contributed by atoms with van der Waals surface area (Å²) in [5.74, 6) is 2.27. The topological polar surface area (TPSA) is 71.2 Å². The second-order valence-corrected chi connectivity index (χ2v) is 6.43. The van der Waals surface area contributed by atoms with Crippen molar-refractivity contribution in [1.82, 2.24) is 19.7 Å². The largest absolute Gasteiger partial charge is 0.508 e. The van der Waals surface area contributed by atoms with E-state index in [-0.39, 0.29) is 24.1 Å². The van der Waals surface area contributed by atoms with E-state index in [1.165, 1.54) is 0 Å². The number of para-hydroxylation sites is 1. The number of fused-ring (bicyclic) bond motifs is 1. The van der Waals surface area contributed by atoms with Crippen LogP contribution in [0.5, 0.6) is 5.75 Å². The first kappa shape index (κ1) is 15.5. The minimum atomic E-state index is -0.00121. The van der Waals surface area contributed by atoms with E-state index in [0.717, 1.165) is 11.6 Å².